The number of hydrogen-bond acceptors (Lipinski definition) is 1. The molecule has 2 aliphatic heterocycles. The van der Waals surface area contributed by atoms with Gasteiger partial charge in [-0.15, -0.1) is 0 Å². The molecular weight excluding hydrogens is 98.1 g/mol. The molecule has 1 aliphatic carbocycles. The van der Waals surface area contributed by atoms with E-state index in [1.165, 1.54) is 18.9 Å². The highest BCUT2D eigenvalue weighted by Gasteiger charge is 2.74. The van der Waals surface area contributed by atoms with Crippen molar-refractivity contribution in [1.29, 1.82) is 0 Å². The van der Waals surface area contributed by atoms with Gasteiger partial charge in [-0.05, 0) is 11.8 Å². The second kappa shape index (κ2) is 0.860. The van der Waals surface area contributed by atoms with Crippen molar-refractivity contribution in [3.8, 4) is 0 Å². The molecular formula is C7H11N. The Labute approximate surface area is 49.7 Å². The van der Waals surface area contributed by atoms with E-state index in [9.17, 15) is 0 Å². The number of rotatable bonds is 1. The summed E-state index contributed by atoms with van der Waals surface area (Å²) in [6, 6.07) is 2.18. The lowest BCUT2D eigenvalue weighted by Crippen LogP contribution is -2.19. The lowest BCUT2D eigenvalue weighted by atomic mass is 10.2. The molecule has 0 aromatic heterocycles. The largest absolute Gasteiger partial charge is 0.294 e. The minimum absolute atomic E-state index is 1.09. The monoisotopic (exact) mass is 109 g/mol. The van der Waals surface area contributed by atoms with Gasteiger partial charge in [-0.25, -0.2) is 0 Å². The van der Waals surface area contributed by atoms with Crippen LogP contribution in [0.2, 0.25) is 0 Å². The van der Waals surface area contributed by atoms with Crippen LogP contribution in [0.15, 0.2) is 0 Å². The van der Waals surface area contributed by atoms with Gasteiger partial charge in [0, 0.05) is 18.6 Å². The van der Waals surface area contributed by atoms with Gasteiger partial charge in [0.2, 0.25) is 0 Å². The molecule has 1 saturated carbocycles. The van der Waals surface area contributed by atoms with E-state index in [4.69, 9.17) is 0 Å². The smallest absolute Gasteiger partial charge is 0.0273 e. The highest BCUT2D eigenvalue weighted by Crippen LogP contribution is 2.65. The van der Waals surface area contributed by atoms with Crippen LogP contribution in [0.5, 0.6) is 0 Å². The van der Waals surface area contributed by atoms with Gasteiger partial charge in [-0.3, -0.25) is 4.90 Å². The van der Waals surface area contributed by atoms with Crippen molar-refractivity contribution in [2.45, 2.75) is 25.4 Å². The normalized spacial score (nSPS) is 72.4. The Bertz CT molecular complexity index is 123. The van der Waals surface area contributed by atoms with Crippen LogP contribution >= 0.6 is 0 Å². The molecule has 0 bridgehead atoms. The fourth-order valence-electron chi connectivity index (χ4n) is 2.63. The number of hydrogen-bond donors (Lipinski definition) is 0. The lowest BCUT2D eigenvalue weighted by molar-refractivity contribution is 0.364. The van der Waals surface area contributed by atoms with Gasteiger partial charge in [-0.1, -0.05) is 13.3 Å². The third kappa shape index (κ3) is 0.218. The molecule has 3 aliphatic rings. The third-order valence-corrected chi connectivity index (χ3v) is 3.18. The van der Waals surface area contributed by atoms with Crippen molar-refractivity contribution < 1.29 is 0 Å². The van der Waals surface area contributed by atoms with Crippen molar-refractivity contribution in [2.24, 2.45) is 11.8 Å². The van der Waals surface area contributed by atoms with Crippen LogP contribution in [0.1, 0.15) is 13.3 Å². The Hall–Kier alpha value is -0.0400. The maximum Gasteiger partial charge on any atom is 0.0273 e. The van der Waals surface area contributed by atoms with Crippen LogP contribution in [-0.4, -0.2) is 23.5 Å². The van der Waals surface area contributed by atoms with E-state index in [0.717, 1.165) is 18.0 Å². The van der Waals surface area contributed by atoms with E-state index in [2.05, 4.69) is 11.8 Å². The Balaban J connectivity index is 1.82. The number of piperidine rings is 1. The van der Waals surface area contributed by atoms with Gasteiger partial charge in [0.15, 0.2) is 0 Å². The van der Waals surface area contributed by atoms with E-state index in [1.54, 1.807) is 0 Å². The van der Waals surface area contributed by atoms with Crippen molar-refractivity contribution in [2.75, 3.05) is 6.54 Å². The summed E-state index contributed by atoms with van der Waals surface area (Å²) in [4.78, 5) is 2.64. The van der Waals surface area contributed by atoms with Crippen LogP contribution in [-0.2, 0) is 0 Å². The Morgan fingerprint density at radius 3 is 2.88 bits per heavy atom. The van der Waals surface area contributed by atoms with Crippen LogP contribution in [0.3, 0.4) is 0 Å². The first-order chi connectivity index (χ1) is 3.93. The fourth-order valence-corrected chi connectivity index (χ4v) is 2.63. The van der Waals surface area contributed by atoms with Crippen molar-refractivity contribution in [3.63, 3.8) is 0 Å². The molecule has 1 nitrogen and oxygen atoms in total. The van der Waals surface area contributed by atoms with Gasteiger partial charge >= 0.3 is 0 Å². The highest BCUT2D eigenvalue weighted by molar-refractivity contribution is 5.28. The van der Waals surface area contributed by atoms with Crippen molar-refractivity contribution >= 4 is 0 Å². The molecule has 2 saturated heterocycles. The molecule has 1 heteroatoms. The summed E-state index contributed by atoms with van der Waals surface area (Å²) < 4.78 is 0. The molecule has 0 aromatic rings. The zero-order valence-electron chi connectivity index (χ0n) is 5.17. The maximum absolute atomic E-state index is 2.64. The van der Waals surface area contributed by atoms with Gasteiger partial charge in [0.05, 0.1) is 0 Å². The fraction of sp³-hybridized carbons (Fsp3) is 1.00. The van der Waals surface area contributed by atoms with Crippen molar-refractivity contribution in [3.05, 3.63) is 0 Å². The van der Waals surface area contributed by atoms with Gasteiger partial charge in [0.25, 0.3) is 0 Å². The average Bonchev–Trinajstić information content (AvgIpc) is 2.45. The summed E-state index contributed by atoms with van der Waals surface area (Å²) in [5, 5.41) is 0. The standard InChI is InChI=1S/C7H11N/c1-2-4-6-5-3-8(5)7(4)6/h4-7H,2-3H2,1H3. The molecule has 3 fully saturated rings. The van der Waals surface area contributed by atoms with Crippen molar-refractivity contribution in [1.82, 2.24) is 4.90 Å². The molecule has 3 rings (SSSR count). The zero-order valence-corrected chi connectivity index (χ0v) is 5.17. The predicted molar refractivity (Wildman–Crippen MR) is 31.6 cm³/mol. The lowest BCUT2D eigenvalue weighted by Gasteiger charge is -2.07. The average molecular weight is 109 g/mol. The molecule has 0 radical (unpaired) electrons. The van der Waals surface area contributed by atoms with E-state index in [1.807, 2.05) is 0 Å². The van der Waals surface area contributed by atoms with E-state index in [0.29, 0.717) is 0 Å². The van der Waals surface area contributed by atoms with E-state index < -0.39 is 0 Å². The minimum Gasteiger partial charge on any atom is -0.294 e. The molecule has 0 amide bonds. The molecule has 0 aromatic carbocycles. The first kappa shape index (κ1) is 3.89. The molecule has 0 spiro atoms. The molecule has 44 valence electrons. The summed E-state index contributed by atoms with van der Waals surface area (Å²) in [5.41, 5.74) is 0. The van der Waals surface area contributed by atoms with Gasteiger partial charge < -0.3 is 0 Å². The van der Waals surface area contributed by atoms with Crippen LogP contribution in [0, 0.1) is 11.8 Å². The molecule has 5 unspecified atom stereocenters. The predicted octanol–water partition coefficient (Wildman–Crippen LogP) is 0.709. The summed E-state index contributed by atoms with van der Waals surface area (Å²) in [6.07, 6.45) is 1.43. The maximum atomic E-state index is 2.64. The topological polar surface area (TPSA) is 3.01 Å². The quantitative estimate of drug-likeness (QED) is 0.448. The summed E-state index contributed by atoms with van der Waals surface area (Å²) in [6.45, 7) is 3.77. The molecule has 0 N–H and O–H groups in total. The van der Waals surface area contributed by atoms with Crippen LogP contribution in [0.4, 0.5) is 0 Å². The molecule has 2 heterocycles. The zero-order chi connectivity index (χ0) is 5.30. The third-order valence-electron chi connectivity index (χ3n) is 3.18. The highest BCUT2D eigenvalue weighted by atomic mass is 15.5. The van der Waals surface area contributed by atoms with Crippen LogP contribution in [0.25, 0.3) is 0 Å². The second-order valence-corrected chi connectivity index (χ2v) is 3.40. The molecule has 5 atom stereocenters. The SMILES string of the molecule is CCC1C2C3CN3C12. The Morgan fingerprint density at radius 1 is 1.62 bits per heavy atom. The number of nitrogens with zero attached hydrogens (tertiary/aromatic N) is 1. The Morgan fingerprint density at radius 2 is 2.50 bits per heavy atom. The Kier molecular flexibility index (Phi) is 0.418. The van der Waals surface area contributed by atoms with Gasteiger partial charge in [0.1, 0.15) is 0 Å². The summed E-state index contributed by atoms with van der Waals surface area (Å²) in [5.74, 6) is 2.31. The first-order valence-electron chi connectivity index (χ1n) is 3.69. The molecule has 8 heavy (non-hydrogen) atoms. The minimum atomic E-state index is 1.09. The first-order valence-corrected chi connectivity index (χ1v) is 3.69. The van der Waals surface area contributed by atoms with Crippen LogP contribution < -0.4 is 0 Å². The second-order valence-electron chi connectivity index (χ2n) is 3.40. The van der Waals surface area contributed by atoms with E-state index in [-0.39, 0.29) is 0 Å². The summed E-state index contributed by atoms with van der Waals surface area (Å²) in [7, 11) is 0. The number of fused-ring (bicyclic) bond motifs is 4. The van der Waals surface area contributed by atoms with E-state index >= 15 is 0 Å². The van der Waals surface area contributed by atoms with Gasteiger partial charge in [-0.2, -0.15) is 0 Å². The summed E-state index contributed by atoms with van der Waals surface area (Å²) >= 11 is 0.